The molecule has 1 aliphatic rings. The number of hydrogen-bond acceptors (Lipinski definition) is 4. The predicted octanol–water partition coefficient (Wildman–Crippen LogP) is 2.73. The SMILES string of the molecule is CC(C)N(CCNC1CCSC1)C(=O)OC(C)(C)C. The van der Waals surface area contributed by atoms with Crippen molar-refractivity contribution < 1.29 is 9.53 Å². The number of nitrogens with one attached hydrogen (secondary N) is 1. The number of carbonyl (C=O) groups excluding carboxylic acids is 1. The van der Waals surface area contributed by atoms with Gasteiger partial charge in [0.2, 0.25) is 0 Å². The van der Waals surface area contributed by atoms with Crippen molar-refractivity contribution in [2.75, 3.05) is 24.6 Å². The molecule has 0 radical (unpaired) electrons. The second kappa shape index (κ2) is 7.39. The highest BCUT2D eigenvalue weighted by Crippen LogP contribution is 2.17. The highest BCUT2D eigenvalue weighted by Gasteiger charge is 2.24. The Morgan fingerprint density at radius 2 is 2.16 bits per heavy atom. The van der Waals surface area contributed by atoms with Gasteiger partial charge in [-0.05, 0) is 46.8 Å². The molecule has 1 rings (SSSR count). The minimum Gasteiger partial charge on any atom is -0.444 e. The lowest BCUT2D eigenvalue weighted by Gasteiger charge is -2.30. The molecule has 0 aromatic rings. The number of rotatable bonds is 5. The Morgan fingerprint density at radius 1 is 1.47 bits per heavy atom. The first-order chi connectivity index (χ1) is 8.79. The van der Waals surface area contributed by atoms with E-state index in [-0.39, 0.29) is 12.1 Å². The molecule has 0 bridgehead atoms. The molecule has 0 aliphatic carbocycles. The molecule has 5 heteroatoms. The number of amides is 1. The van der Waals surface area contributed by atoms with E-state index in [1.54, 1.807) is 4.90 Å². The van der Waals surface area contributed by atoms with E-state index in [4.69, 9.17) is 4.74 Å². The van der Waals surface area contributed by atoms with Crippen LogP contribution in [0.15, 0.2) is 0 Å². The normalized spacial score (nSPS) is 19.8. The summed E-state index contributed by atoms with van der Waals surface area (Å²) in [5.41, 5.74) is -0.431. The van der Waals surface area contributed by atoms with Gasteiger partial charge in [0.25, 0.3) is 0 Å². The lowest BCUT2D eigenvalue weighted by molar-refractivity contribution is 0.0192. The maximum Gasteiger partial charge on any atom is 0.410 e. The standard InChI is InChI=1S/C14H28N2O2S/c1-11(2)16(13(17)18-14(3,4)5)8-7-15-12-6-9-19-10-12/h11-12,15H,6-10H2,1-5H3. The molecule has 4 nitrogen and oxygen atoms in total. The van der Waals surface area contributed by atoms with Crippen molar-refractivity contribution in [2.45, 2.75) is 58.7 Å². The molecular formula is C14H28N2O2S. The van der Waals surface area contributed by atoms with Crippen molar-refractivity contribution in [1.82, 2.24) is 10.2 Å². The van der Waals surface area contributed by atoms with Crippen molar-refractivity contribution in [3.8, 4) is 0 Å². The second-order valence-corrected chi connectivity index (χ2v) is 7.43. The van der Waals surface area contributed by atoms with Crippen LogP contribution in [-0.2, 0) is 4.74 Å². The molecule has 1 saturated heterocycles. The van der Waals surface area contributed by atoms with Crippen LogP contribution in [0.3, 0.4) is 0 Å². The van der Waals surface area contributed by atoms with Crippen LogP contribution in [-0.4, -0.2) is 53.3 Å². The molecule has 0 aromatic carbocycles. The molecule has 19 heavy (non-hydrogen) atoms. The van der Waals surface area contributed by atoms with E-state index in [2.05, 4.69) is 5.32 Å². The van der Waals surface area contributed by atoms with Gasteiger partial charge in [0.15, 0.2) is 0 Å². The highest BCUT2D eigenvalue weighted by molar-refractivity contribution is 7.99. The maximum atomic E-state index is 12.1. The largest absolute Gasteiger partial charge is 0.444 e. The summed E-state index contributed by atoms with van der Waals surface area (Å²) >= 11 is 1.99. The van der Waals surface area contributed by atoms with Gasteiger partial charge in [-0.15, -0.1) is 0 Å². The van der Waals surface area contributed by atoms with Crippen LogP contribution in [0.2, 0.25) is 0 Å². The molecule has 1 heterocycles. The van der Waals surface area contributed by atoms with Crippen LogP contribution in [0.25, 0.3) is 0 Å². The Hall–Kier alpha value is -0.420. The maximum absolute atomic E-state index is 12.1. The highest BCUT2D eigenvalue weighted by atomic mass is 32.2. The van der Waals surface area contributed by atoms with E-state index < -0.39 is 5.60 Å². The van der Waals surface area contributed by atoms with Gasteiger partial charge in [-0.3, -0.25) is 0 Å². The fourth-order valence-corrected chi connectivity index (χ4v) is 3.15. The van der Waals surface area contributed by atoms with Crippen LogP contribution in [0.4, 0.5) is 4.79 Å². The summed E-state index contributed by atoms with van der Waals surface area (Å²) in [6.45, 7) is 11.3. The quantitative estimate of drug-likeness (QED) is 0.844. The Kier molecular flexibility index (Phi) is 6.47. The van der Waals surface area contributed by atoms with E-state index >= 15 is 0 Å². The summed E-state index contributed by atoms with van der Waals surface area (Å²) in [6.07, 6.45) is 1.02. The fourth-order valence-electron chi connectivity index (χ4n) is 1.97. The lowest BCUT2D eigenvalue weighted by atomic mass is 10.2. The van der Waals surface area contributed by atoms with Crippen LogP contribution < -0.4 is 5.32 Å². The minimum absolute atomic E-state index is 0.162. The Labute approximate surface area is 121 Å². The molecule has 1 aliphatic heterocycles. The number of carbonyl (C=O) groups is 1. The van der Waals surface area contributed by atoms with Gasteiger partial charge in [0.1, 0.15) is 5.60 Å². The molecule has 0 spiro atoms. The smallest absolute Gasteiger partial charge is 0.410 e. The summed E-state index contributed by atoms with van der Waals surface area (Å²) in [7, 11) is 0. The van der Waals surface area contributed by atoms with Crippen molar-refractivity contribution in [3.05, 3.63) is 0 Å². The second-order valence-electron chi connectivity index (χ2n) is 6.28. The average Bonchev–Trinajstić information content (AvgIpc) is 2.73. The van der Waals surface area contributed by atoms with Crippen molar-refractivity contribution >= 4 is 17.9 Å². The number of ether oxygens (including phenoxy) is 1. The van der Waals surface area contributed by atoms with Gasteiger partial charge in [0, 0.05) is 30.9 Å². The number of thioether (sulfide) groups is 1. The van der Waals surface area contributed by atoms with E-state index in [1.807, 2.05) is 46.4 Å². The Bertz CT molecular complexity index is 284. The third-order valence-corrected chi connectivity index (χ3v) is 4.13. The van der Waals surface area contributed by atoms with E-state index in [9.17, 15) is 4.79 Å². The summed E-state index contributed by atoms with van der Waals surface area (Å²) < 4.78 is 5.44. The topological polar surface area (TPSA) is 41.6 Å². The summed E-state index contributed by atoms with van der Waals surface area (Å²) in [6, 6.07) is 0.771. The lowest BCUT2D eigenvalue weighted by Crippen LogP contribution is -2.45. The number of hydrogen-bond donors (Lipinski definition) is 1. The number of nitrogens with zero attached hydrogens (tertiary/aromatic N) is 1. The van der Waals surface area contributed by atoms with Crippen LogP contribution in [0, 0.1) is 0 Å². The fraction of sp³-hybridized carbons (Fsp3) is 0.929. The summed E-state index contributed by atoms with van der Waals surface area (Å²) in [5, 5.41) is 3.51. The predicted molar refractivity (Wildman–Crippen MR) is 81.8 cm³/mol. The third-order valence-electron chi connectivity index (χ3n) is 2.97. The molecule has 1 atom stereocenters. The van der Waals surface area contributed by atoms with E-state index in [0.29, 0.717) is 12.6 Å². The zero-order valence-corrected chi connectivity index (χ0v) is 13.7. The minimum atomic E-state index is -0.431. The molecule has 1 unspecified atom stereocenters. The Morgan fingerprint density at radius 3 is 2.63 bits per heavy atom. The van der Waals surface area contributed by atoms with Gasteiger partial charge in [0.05, 0.1) is 0 Å². The molecule has 1 fully saturated rings. The zero-order chi connectivity index (χ0) is 14.5. The van der Waals surface area contributed by atoms with Crippen LogP contribution in [0.5, 0.6) is 0 Å². The van der Waals surface area contributed by atoms with Crippen molar-refractivity contribution in [2.24, 2.45) is 0 Å². The van der Waals surface area contributed by atoms with Gasteiger partial charge in [-0.1, -0.05) is 0 Å². The van der Waals surface area contributed by atoms with Gasteiger partial charge in [-0.25, -0.2) is 4.79 Å². The molecular weight excluding hydrogens is 260 g/mol. The first-order valence-corrected chi connectivity index (χ1v) is 8.26. The van der Waals surface area contributed by atoms with Gasteiger partial charge < -0.3 is 15.0 Å². The summed E-state index contributed by atoms with van der Waals surface area (Å²) in [5.74, 6) is 2.44. The first kappa shape index (κ1) is 16.6. The van der Waals surface area contributed by atoms with Crippen molar-refractivity contribution in [3.63, 3.8) is 0 Å². The van der Waals surface area contributed by atoms with Crippen molar-refractivity contribution in [1.29, 1.82) is 0 Å². The van der Waals surface area contributed by atoms with Crippen LogP contribution in [0.1, 0.15) is 41.0 Å². The monoisotopic (exact) mass is 288 g/mol. The molecule has 112 valence electrons. The average molecular weight is 288 g/mol. The van der Waals surface area contributed by atoms with E-state index in [1.165, 1.54) is 17.9 Å². The van der Waals surface area contributed by atoms with Gasteiger partial charge in [-0.2, -0.15) is 11.8 Å². The molecule has 0 aromatic heterocycles. The first-order valence-electron chi connectivity index (χ1n) is 7.10. The zero-order valence-electron chi connectivity index (χ0n) is 12.9. The summed E-state index contributed by atoms with van der Waals surface area (Å²) in [4.78, 5) is 13.9. The van der Waals surface area contributed by atoms with E-state index in [0.717, 1.165) is 6.54 Å². The third kappa shape index (κ3) is 6.52. The van der Waals surface area contributed by atoms with Gasteiger partial charge >= 0.3 is 6.09 Å². The molecule has 0 saturated carbocycles. The molecule has 1 N–H and O–H groups in total. The Balaban J connectivity index is 2.37. The molecule has 1 amide bonds. The van der Waals surface area contributed by atoms with Crippen LogP contribution >= 0.6 is 11.8 Å².